The van der Waals surface area contributed by atoms with Crippen molar-refractivity contribution in [1.29, 1.82) is 0 Å². The highest BCUT2D eigenvalue weighted by Crippen LogP contribution is 2.29. The molecule has 0 aliphatic heterocycles. The number of carbonyl (C=O) groups excluding carboxylic acids is 1. The summed E-state index contributed by atoms with van der Waals surface area (Å²) >= 11 is 0. The topological polar surface area (TPSA) is 47.6 Å². The molecule has 0 bridgehead atoms. The zero-order valence-electron chi connectivity index (χ0n) is 12.6. The lowest BCUT2D eigenvalue weighted by atomic mass is 10.2. The number of benzene rings is 2. The molecule has 120 valence electrons. The Balaban J connectivity index is 2.12. The third-order valence-corrected chi connectivity index (χ3v) is 3.05. The van der Waals surface area contributed by atoms with Gasteiger partial charge in [0.05, 0.1) is 14.2 Å². The molecule has 2 aromatic rings. The molecule has 2 aromatic carbocycles. The Bertz CT molecular complexity index is 724. The standard InChI is InChI=1S/C17H15F2NO3/c1-22-15-8-6-11(10-16(15)23-2)20-17(21)9-7-12-13(18)4-3-5-14(12)19/h3-10H,1-2H3,(H,20,21)/b9-7+. The van der Waals surface area contributed by atoms with Crippen LogP contribution in [0.3, 0.4) is 0 Å². The predicted molar refractivity (Wildman–Crippen MR) is 83.6 cm³/mol. The number of rotatable bonds is 5. The Morgan fingerprint density at radius 1 is 1.04 bits per heavy atom. The van der Waals surface area contributed by atoms with Crippen LogP contribution in [0.4, 0.5) is 14.5 Å². The first kappa shape index (κ1) is 16.5. The van der Waals surface area contributed by atoms with Gasteiger partial charge in [0.25, 0.3) is 0 Å². The van der Waals surface area contributed by atoms with E-state index in [4.69, 9.17) is 9.47 Å². The molecule has 1 N–H and O–H groups in total. The number of carbonyl (C=O) groups is 1. The lowest BCUT2D eigenvalue weighted by Gasteiger charge is -2.09. The van der Waals surface area contributed by atoms with Crippen molar-refractivity contribution in [3.05, 3.63) is 59.7 Å². The molecule has 0 atom stereocenters. The molecule has 0 aliphatic carbocycles. The monoisotopic (exact) mass is 319 g/mol. The summed E-state index contributed by atoms with van der Waals surface area (Å²) in [5.41, 5.74) is 0.196. The molecule has 23 heavy (non-hydrogen) atoms. The van der Waals surface area contributed by atoms with Crippen molar-refractivity contribution in [1.82, 2.24) is 0 Å². The normalized spacial score (nSPS) is 10.6. The van der Waals surface area contributed by atoms with Crippen molar-refractivity contribution in [2.75, 3.05) is 19.5 Å². The van der Waals surface area contributed by atoms with Crippen molar-refractivity contribution in [3.8, 4) is 11.5 Å². The second kappa shape index (κ2) is 7.40. The fourth-order valence-electron chi connectivity index (χ4n) is 1.93. The average Bonchev–Trinajstić information content (AvgIpc) is 2.54. The van der Waals surface area contributed by atoms with Gasteiger partial charge in [0.15, 0.2) is 11.5 Å². The number of hydrogen-bond acceptors (Lipinski definition) is 3. The molecule has 0 heterocycles. The van der Waals surface area contributed by atoms with Crippen LogP contribution in [0.25, 0.3) is 6.08 Å². The minimum Gasteiger partial charge on any atom is -0.493 e. The Labute approximate surface area is 132 Å². The van der Waals surface area contributed by atoms with Gasteiger partial charge >= 0.3 is 0 Å². The van der Waals surface area contributed by atoms with E-state index in [9.17, 15) is 13.6 Å². The first-order valence-corrected chi connectivity index (χ1v) is 6.70. The SMILES string of the molecule is COc1ccc(NC(=O)/C=C/c2c(F)cccc2F)cc1OC. The lowest BCUT2D eigenvalue weighted by Crippen LogP contribution is -2.08. The molecule has 0 saturated heterocycles. The Morgan fingerprint density at radius 2 is 1.70 bits per heavy atom. The summed E-state index contributed by atoms with van der Waals surface area (Å²) in [5.74, 6) is -1.02. The van der Waals surface area contributed by atoms with E-state index in [2.05, 4.69) is 5.32 Å². The summed E-state index contributed by atoms with van der Waals surface area (Å²) in [4.78, 5) is 11.8. The quantitative estimate of drug-likeness (QED) is 0.856. The van der Waals surface area contributed by atoms with Gasteiger partial charge in [0, 0.05) is 23.4 Å². The summed E-state index contributed by atoms with van der Waals surface area (Å²) in [6.07, 6.45) is 2.14. The van der Waals surface area contributed by atoms with E-state index in [-0.39, 0.29) is 5.56 Å². The molecule has 0 saturated carbocycles. The van der Waals surface area contributed by atoms with Gasteiger partial charge in [-0.15, -0.1) is 0 Å². The van der Waals surface area contributed by atoms with Crippen molar-refractivity contribution in [2.24, 2.45) is 0 Å². The molecule has 0 radical (unpaired) electrons. The second-order valence-corrected chi connectivity index (χ2v) is 4.53. The van der Waals surface area contributed by atoms with Crippen molar-refractivity contribution >= 4 is 17.7 Å². The fraction of sp³-hybridized carbons (Fsp3) is 0.118. The molecule has 2 rings (SSSR count). The number of methoxy groups -OCH3 is 2. The van der Waals surface area contributed by atoms with Gasteiger partial charge in [0.1, 0.15) is 11.6 Å². The lowest BCUT2D eigenvalue weighted by molar-refractivity contribution is -0.111. The largest absolute Gasteiger partial charge is 0.493 e. The highest BCUT2D eigenvalue weighted by molar-refractivity contribution is 6.02. The van der Waals surface area contributed by atoms with E-state index >= 15 is 0 Å². The number of amides is 1. The number of hydrogen-bond donors (Lipinski definition) is 1. The minimum absolute atomic E-state index is 0.269. The highest BCUT2D eigenvalue weighted by Gasteiger charge is 2.07. The molecule has 0 unspecified atom stereocenters. The Morgan fingerprint density at radius 3 is 2.30 bits per heavy atom. The van der Waals surface area contributed by atoms with E-state index < -0.39 is 17.5 Å². The number of ether oxygens (including phenoxy) is 2. The number of nitrogens with one attached hydrogen (secondary N) is 1. The van der Waals surface area contributed by atoms with Crippen LogP contribution in [0, 0.1) is 11.6 Å². The molecule has 0 aliphatic rings. The summed E-state index contributed by atoms with van der Waals surface area (Å²) < 4.78 is 37.1. The van der Waals surface area contributed by atoms with Crippen LogP contribution in [0.5, 0.6) is 11.5 Å². The average molecular weight is 319 g/mol. The van der Waals surface area contributed by atoms with Crippen LogP contribution >= 0.6 is 0 Å². The van der Waals surface area contributed by atoms with E-state index in [0.29, 0.717) is 17.2 Å². The van der Waals surface area contributed by atoms with E-state index in [1.54, 1.807) is 18.2 Å². The summed E-state index contributed by atoms with van der Waals surface area (Å²) in [7, 11) is 2.98. The van der Waals surface area contributed by atoms with Gasteiger partial charge in [-0.1, -0.05) is 6.07 Å². The molecule has 0 aromatic heterocycles. The summed E-state index contributed by atoms with van der Waals surface area (Å²) in [6.45, 7) is 0. The number of halogens is 2. The molecule has 6 heteroatoms. The molecule has 4 nitrogen and oxygen atoms in total. The van der Waals surface area contributed by atoms with E-state index in [0.717, 1.165) is 24.3 Å². The van der Waals surface area contributed by atoms with Gasteiger partial charge in [-0.3, -0.25) is 4.79 Å². The smallest absolute Gasteiger partial charge is 0.248 e. The van der Waals surface area contributed by atoms with E-state index in [1.165, 1.54) is 20.3 Å². The summed E-state index contributed by atoms with van der Waals surface area (Å²) in [5, 5.41) is 2.57. The van der Waals surface area contributed by atoms with Crippen molar-refractivity contribution in [3.63, 3.8) is 0 Å². The second-order valence-electron chi connectivity index (χ2n) is 4.53. The molecular weight excluding hydrogens is 304 g/mol. The van der Waals surface area contributed by atoms with Crippen LogP contribution in [-0.4, -0.2) is 20.1 Å². The van der Waals surface area contributed by atoms with Gasteiger partial charge in [-0.25, -0.2) is 8.78 Å². The van der Waals surface area contributed by atoms with Gasteiger partial charge in [-0.2, -0.15) is 0 Å². The van der Waals surface area contributed by atoms with E-state index in [1.807, 2.05) is 0 Å². The maximum atomic E-state index is 13.5. The fourth-order valence-corrected chi connectivity index (χ4v) is 1.93. The Hall–Kier alpha value is -2.89. The third kappa shape index (κ3) is 4.06. The number of anilines is 1. The third-order valence-electron chi connectivity index (χ3n) is 3.05. The van der Waals surface area contributed by atoms with Crippen LogP contribution < -0.4 is 14.8 Å². The molecule has 0 fully saturated rings. The summed E-state index contributed by atoms with van der Waals surface area (Å²) in [6, 6.07) is 8.33. The maximum absolute atomic E-state index is 13.5. The Kier molecular flexibility index (Phi) is 5.30. The first-order valence-electron chi connectivity index (χ1n) is 6.70. The van der Waals surface area contributed by atoms with Crippen molar-refractivity contribution in [2.45, 2.75) is 0 Å². The van der Waals surface area contributed by atoms with Crippen LogP contribution in [0.2, 0.25) is 0 Å². The van der Waals surface area contributed by atoms with Gasteiger partial charge in [0.2, 0.25) is 5.91 Å². The van der Waals surface area contributed by atoms with Gasteiger partial charge < -0.3 is 14.8 Å². The minimum atomic E-state index is -0.736. The first-order chi connectivity index (χ1) is 11.0. The van der Waals surface area contributed by atoms with Crippen LogP contribution in [-0.2, 0) is 4.79 Å². The molecule has 1 amide bonds. The highest BCUT2D eigenvalue weighted by atomic mass is 19.1. The molecular formula is C17H15F2NO3. The zero-order valence-corrected chi connectivity index (χ0v) is 12.6. The maximum Gasteiger partial charge on any atom is 0.248 e. The molecule has 0 spiro atoms. The van der Waals surface area contributed by atoms with Crippen LogP contribution in [0.15, 0.2) is 42.5 Å². The zero-order chi connectivity index (χ0) is 16.8. The van der Waals surface area contributed by atoms with Crippen molar-refractivity contribution < 1.29 is 23.0 Å². The van der Waals surface area contributed by atoms with Crippen LogP contribution in [0.1, 0.15) is 5.56 Å². The van der Waals surface area contributed by atoms with Gasteiger partial charge in [-0.05, 0) is 30.3 Å². The predicted octanol–water partition coefficient (Wildman–Crippen LogP) is 3.63.